The van der Waals surface area contributed by atoms with E-state index in [1.165, 1.54) is 6.07 Å². The molecule has 140 valence electrons. The number of anilines is 1. The van der Waals surface area contributed by atoms with E-state index in [0.29, 0.717) is 16.9 Å². The van der Waals surface area contributed by atoms with Crippen molar-refractivity contribution >= 4 is 22.4 Å². The van der Waals surface area contributed by atoms with Crippen LogP contribution in [0.2, 0.25) is 0 Å². The maximum atomic E-state index is 12.4. The SMILES string of the molecule is N#Cc1cccc(NC(=O)Cn2nc(-c3ccc4ccccc4c3)ccc2=O)c1. The van der Waals surface area contributed by atoms with Gasteiger partial charge in [0.05, 0.1) is 17.3 Å². The zero-order valence-electron chi connectivity index (χ0n) is 15.4. The fraction of sp³-hybridized carbons (Fsp3) is 0.0435. The minimum absolute atomic E-state index is 0.225. The first-order chi connectivity index (χ1) is 14.1. The Balaban J connectivity index is 1.58. The summed E-state index contributed by atoms with van der Waals surface area (Å²) in [4.78, 5) is 24.5. The number of aromatic nitrogens is 2. The van der Waals surface area contributed by atoms with Gasteiger partial charge in [0.2, 0.25) is 5.91 Å². The maximum absolute atomic E-state index is 12.4. The molecule has 0 aliphatic heterocycles. The number of carbonyl (C=O) groups is 1. The molecule has 4 aromatic rings. The van der Waals surface area contributed by atoms with Crippen LogP contribution >= 0.6 is 0 Å². The van der Waals surface area contributed by atoms with E-state index < -0.39 is 5.91 Å². The van der Waals surface area contributed by atoms with Crippen LogP contribution in [0.4, 0.5) is 5.69 Å². The summed E-state index contributed by atoms with van der Waals surface area (Å²) in [5, 5.41) is 18.2. The lowest BCUT2D eigenvalue weighted by molar-refractivity contribution is -0.117. The van der Waals surface area contributed by atoms with E-state index in [1.807, 2.05) is 48.5 Å². The predicted molar refractivity (Wildman–Crippen MR) is 111 cm³/mol. The van der Waals surface area contributed by atoms with Crippen molar-refractivity contribution in [2.24, 2.45) is 0 Å². The van der Waals surface area contributed by atoms with Gasteiger partial charge in [0.25, 0.3) is 5.56 Å². The second kappa shape index (κ2) is 7.79. The van der Waals surface area contributed by atoms with Crippen LogP contribution in [0.5, 0.6) is 0 Å². The van der Waals surface area contributed by atoms with Gasteiger partial charge in [-0.2, -0.15) is 10.4 Å². The zero-order valence-corrected chi connectivity index (χ0v) is 15.4. The summed E-state index contributed by atoms with van der Waals surface area (Å²) >= 11 is 0. The monoisotopic (exact) mass is 380 g/mol. The highest BCUT2D eigenvalue weighted by Crippen LogP contribution is 2.22. The van der Waals surface area contributed by atoms with Crippen LogP contribution in [-0.2, 0) is 11.3 Å². The Labute approximate surface area is 166 Å². The molecule has 6 heteroatoms. The van der Waals surface area contributed by atoms with E-state index in [-0.39, 0.29) is 12.1 Å². The highest BCUT2D eigenvalue weighted by Gasteiger charge is 2.09. The third kappa shape index (κ3) is 4.04. The van der Waals surface area contributed by atoms with Crippen molar-refractivity contribution in [3.05, 3.63) is 94.8 Å². The molecule has 0 spiro atoms. The molecule has 0 bridgehead atoms. The van der Waals surface area contributed by atoms with Crippen molar-refractivity contribution in [2.45, 2.75) is 6.54 Å². The number of rotatable bonds is 4. The first-order valence-corrected chi connectivity index (χ1v) is 9.00. The van der Waals surface area contributed by atoms with Crippen molar-refractivity contribution in [1.29, 1.82) is 5.26 Å². The lowest BCUT2D eigenvalue weighted by atomic mass is 10.1. The zero-order chi connectivity index (χ0) is 20.2. The Hall–Kier alpha value is -4.24. The van der Waals surface area contributed by atoms with Gasteiger partial charge < -0.3 is 5.32 Å². The Bertz CT molecular complexity index is 1320. The van der Waals surface area contributed by atoms with Crippen LogP contribution in [-0.4, -0.2) is 15.7 Å². The summed E-state index contributed by atoms with van der Waals surface area (Å²) in [6.07, 6.45) is 0. The van der Waals surface area contributed by atoms with E-state index in [9.17, 15) is 9.59 Å². The number of nitrogens with one attached hydrogen (secondary N) is 1. The van der Waals surface area contributed by atoms with E-state index >= 15 is 0 Å². The topological polar surface area (TPSA) is 87.8 Å². The number of hydrogen-bond acceptors (Lipinski definition) is 4. The molecule has 0 aliphatic carbocycles. The number of nitrogens with zero attached hydrogens (tertiary/aromatic N) is 3. The number of nitriles is 1. The fourth-order valence-corrected chi connectivity index (χ4v) is 3.07. The Kier molecular flexibility index (Phi) is 4.87. The molecule has 1 N–H and O–H groups in total. The van der Waals surface area contributed by atoms with Gasteiger partial charge in [-0.1, -0.05) is 42.5 Å². The maximum Gasteiger partial charge on any atom is 0.267 e. The number of hydrogen-bond donors (Lipinski definition) is 1. The smallest absolute Gasteiger partial charge is 0.267 e. The summed E-state index contributed by atoms with van der Waals surface area (Å²) in [6.45, 7) is -0.225. The molecule has 0 fully saturated rings. The molecule has 6 nitrogen and oxygen atoms in total. The van der Waals surface area contributed by atoms with Crippen molar-refractivity contribution in [3.63, 3.8) is 0 Å². The van der Waals surface area contributed by atoms with Crippen LogP contribution in [0.1, 0.15) is 5.56 Å². The van der Waals surface area contributed by atoms with Crippen molar-refractivity contribution in [3.8, 4) is 17.3 Å². The molecule has 0 saturated carbocycles. The summed E-state index contributed by atoms with van der Waals surface area (Å²) in [5.74, 6) is -0.398. The number of benzene rings is 3. The second-order valence-corrected chi connectivity index (χ2v) is 6.52. The number of fused-ring (bicyclic) bond motifs is 1. The molecular formula is C23H16N4O2. The molecule has 3 aromatic carbocycles. The molecule has 1 amide bonds. The molecule has 0 radical (unpaired) electrons. The fourth-order valence-electron chi connectivity index (χ4n) is 3.07. The third-order valence-corrected chi connectivity index (χ3v) is 4.48. The summed E-state index contributed by atoms with van der Waals surface area (Å²) in [7, 11) is 0. The normalized spacial score (nSPS) is 10.4. The van der Waals surface area contributed by atoms with Crippen LogP contribution in [0.15, 0.2) is 83.7 Å². The lowest BCUT2D eigenvalue weighted by Crippen LogP contribution is -2.29. The van der Waals surface area contributed by atoms with Gasteiger partial charge in [0, 0.05) is 17.3 Å². The Morgan fingerprint density at radius 1 is 0.966 bits per heavy atom. The van der Waals surface area contributed by atoms with Crippen molar-refractivity contribution < 1.29 is 4.79 Å². The summed E-state index contributed by atoms with van der Waals surface area (Å²) in [5.41, 5.74) is 2.04. The van der Waals surface area contributed by atoms with Gasteiger partial charge in [0.1, 0.15) is 6.54 Å². The first kappa shape index (κ1) is 18.1. The average Bonchev–Trinajstić information content (AvgIpc) is 2.75. The number of carbonyl (C=O) groups excluding carboxylic acids is 1. The second-order valence-electron chi connectivity index (χ2n) is 6.52. The van der Waals surface area contributed by atoms with Crippen LogP contribution in [0, 0.1) is 11.3 Å². The van der Waals surface area contributed by atoms with Gasteiger partial charge >= 0.3 is 0 Å². The van der Waals surface area contributed by atoms with E-state index in [4.69, 9.17) is 5.26 Å². The van der Waals surface area contributed by atoms with Gasteiger partial charge in [-0.25, -0.2) is 4.68 Å². The van der Waals surface area contributed by atoms with E-state index in [1.54, 1.807) is 30.3 Å². The van der Waals surface area contributed by atoms with Crippen molar-refractivity contribution in [1.82, 2.24) is 9.78 Å². The van der Waals surface area contributed by atoms with Gasteiger partial charge in [-0.15, -0.1) is 0 Å². The quantitative estimate of drug-likeness (QED) is 0.586. The molecule has 0 saturated heterocycles. The minimum atomic E-state index is -0.398. The van der Waals surface area contributed by atoms with Crippen molar-refractivity contribution in [2.75, 3.05) is 5.32 Å². The minimum Gasteiger partial charge on any atom is -0.324 e. The molecule has 29 heavy (non-hydrogen) atoms. The molecular weight excluding hydrogens is 364 g/mol. The van der Waals surface area contributed by atoms with E-state index in [2.05, 4.69) is 10.4 Å². The lowest BCUT2D eigenvalue weighted by Gasteiger charge is -2.09. The highest BCUT2D eigenvalue weighted by atomic mass is 16.2. The van der Waals surface area contributed by atoms with Gasteiger partial charge in [-0.05, 0) is 41.1 Å². The first-order valence-electron chi connectivity index (χ1n) is 9.00. The van der Waals surface area contributed by atoms with Gasteiger partial charge in [0.15, 0.2) is 0 Å². The number of amides is 1. The molecule has 0 unspecified atom stereocenters. The van der Waals surface area contributed by atoms with Crippen LogP contribution in [0.25, 0.3) is 22.0 Å². The molecule has 1 aromatic heterocycles. The third-order valence-electron chi connectivity index (χ3n) is 4.48. The Morgan fingerprint density at radius 2 is 1.79 bits per heavy atom. The van der Waals surface area contributed by atoms with Crippen LogP contribution < -0.4 is 10.9 Å². The molecule has 1 heterocycles. The standard InChI is InChI=1S/C23H16N4O2/c24-14-16-4-3-7-20(12-16)25-22(28)15-27-23(29)11-10-21(26-27)19-9-8-17-5-1-2-6-18(17)13-19/h1-13H,15H2,(H,25,28). The van der Waals surface area contributed by atoms with Gasteiger partial charge in [-0.3, -0.25) is 9.59 Å². The highest BCUT2D eigenvalue weighted by molar-refractivity contribution is 5.90. The predicted octanol–water partition coefficient (Wildman–Crippen LogP) is 3.57. The van der Waals surface area contributed by atoms with E-state index in [0.717, 1.165) is 21.0 Å². The summed E-state index contributed by atoms with van der Waals surface area (Å²) in [6, 6.07) is 25.6. The largest absolute Gasteiger partial charge is 0.324 e. The molecule has 0 aliphatic rings. The average molecular weight is 380 g/mol. The molecule has 0 atom stereocenters. The van der Waals surface area contributed by atoms with Crippen LogP contribution in [0.3, 0.4) is 0 Å². The summed E-state index contributed by atoms with van der Waals surface area (Å²) < 4.78 is 1.13. The Morgan fingerprint density at radius 3 is 2.62 bits per heavy atom. The molecule has 4 rings (SSSR count).